The molecule has 0 aliphatic rings. The molecule has 6 atom stereocenters. The number of aliphatic hydroxyl groups excluding tert-OH is 1. The molecule has 0 aromatic heterocycles. The summed E-state index contributed by atoms with van der Waals surface area (Å²) in [5.74, 6) is -1.26. The molecule has 0 bridgehead atoms. The predicted octanol–water partition coefficient (Wildman–Crippen LogP) is 22.9. The van der Waals surface area contributed by atoms with Crippen LogP contribution in [0.4, 0.5) is 0 Å². The van der Waals surface area contributed by atoms with E-state index in [2.05, 4.69) is 34.6 Å². The number of phosphoric ester groups is 2. The number of hydrogen-bond acceptors (Lipinski definition) is 15. The maximum atomic E-state index is 13.1. The van der Waals surface area contributed by atoms with Gasteiger partial charge in [-0.1, -0.05) is 356 Å². The average Bonchev–Trinajstić information content (AvgIpc) is 1.31. The molecule has 17 nitrogen and oxygen atoms in total. The highest BCUT2D eigenvalue weighted by atomic mass is 31.2. The van der Waals surface area contributed by atoms with E-state index < -0.39 is 97.5 Å². The molecule has 570 valence electrons. The summed E-state index contributed by atoms with van der Waals surface area (Å²) in [6.45, 7) is 7.36. The number of carbonyl (C=O) groups excluding carboxylic acids is 4. The lowest BCUT2D eigenvalue weighted by molar-refractivity contribution is -0.161. The third-order valence-electron chi connectivity index (χ3n) is 18.4. The summed E-state index contributed by atoms with van der Waals surface area (Å²) in [7, 11) is -9.91. The van der Waals surface area contributed by atoms with Gasteiger partial charge in [-0.15, -0.1) is 0 Å². The standard InChI is InChI=1S/C77H150O17P2/c1-6-10-13-16-19-22-25-30-36-41-46-51-56-61-75(80)88-67-73(94-77(82)63-58-53-48-43-38-33-29-28-32-34-39-44-49-54-59-70(5)9-4)69-92-96(85,86)90-65-71(78)64-89-95(83,84)91-68-72(66-87-74(79)60-55-50-45-40-35-27-24-21-18-15-12-8-3)93-76(81)62-57-52-47-42-37-31-26-23-20-17-14-11-7-2/h70-73,78H,6-69H2,1-5H3,(H,83,84)(H,85,86)/t70?,71-,72+,73+/m0/s1. The second kappa shape index (κ2) is 70.1. The summed E-state index contributed by atoms with van der Waals surface area (Å²) < 4.78 is 68.6. The molecule has 0 aromatic carbocycles. The molecule has 0 fully saturated rings. The van der Waals surface area contributed by atoms with Gasteiger partial charge in [-0.3, -0.25) is 37.3 Å². The van der Waals surface area contributed by atoms with Crippen molar-refractivity contribution in [2.24, 2.45) is 5.92 Å². The number of aliphatic hydroxyl groups is 1. The zero-order valence-corrected chi connectivity index (χ0v) is 64.3. The highest BCUT2D eigenvalue weighted by Gasteiger charge is 2.30. The van der Waals surface area contributed by atoms with Crippen LogP contribution in [0.15, 0.2) is 0 Å². The highest BCUT2D eigenvalue weighted by Crippen LogP contribution is 2.45. The molecular weight excluding hydrogens is 1260 g/mol. The van der Waals surface area contributed by atoms with Gasteiger partial charge in [0.15, 0.2) is 12.2 Å². The molecule has 96 heavy (non-hydrogen) atoms. The minimum atomic E-state index is -4.96. The number of rotatable bonds is 77. The van der Waals surface area contributed by atoms with E-state index in [-0.39, 0.29) is 25.7 Å². The maximum Gasteiger partial charge on any atom is 0.472 e. The largest absolute Gasteiger partial charge is 0.472 e. The Labute approximate surface area is 588 Å². The van der Waals surface area contributed by atoms with E-state index in [1.54, 1.807) is 0 Å². The van der Waals surface area contributed by atoms with Gasteiger partial charge < -0.3 is 33.8 Å². The van der Waals surface area contributed by atoms with Crippen LogP contribution < -0.4 is 0 Å². The van der Waals surface area contributed by atoms with Crippen molar-refractivity contribution in [3.63, 3.8) is 0 Å². The van der Waals surface area contributed by atoms with E-state index in [1.165, 1.54) is 231 Å². The highest BCUT2D eigenvalue weighted by molar-refractivity contribution is 7.47. The molecule has 3 N–H and O–H groups in total. The van der Waals surface area contributed by atoms with E-state index in [9.17, 15) is 43.2 Å². The van der Waals surface area contributed by atoms with Crippen LogP contribution >= 0.6 is 15.6 Å². The quantitative estimate of drug-likeness (QED) is 0.0222. The van der Waals surface area contributed by atoms with Crippen molar-refractivity contribution in [2.75, 3.05) is 39.6 Å². The van der Waals surface area contributed by atoms with Crippen molar-refractivity contribution in [3.8, 4) is 0 Å². The van der Waals surface area contributed by atoms with Crippen LogP contribution in [0.5, 0.6) is 0 Å². The minimum absolute atomic E-state index is 0.108. The van der Waals surface area contributed by atoms with Gasteiger partial charge in [-0.05, 0) is 31.6 Å². The Morgan fingerprint density at radius 1 is 0.292 bits per heavy atom. The first-order chi connectivity index (χ1) is 46.6. The van der Waals surface area contributed by atoms with Crippen molar-refractivity contribution in [2.45, 2.75) is 425 Å². The average molecular weight is 1410 g/mol. The topological polar surface area (TPSA) is 237 Å². The fraction of sp³-hybridized carbons (Fsp3) is 0.948. The van der Waals surface area contributed by atoms with E-state index in [4.69, 9.17) is 37.0 Å². The second-order valence-electron chi connectivity index (χ2n) is 28.0. The van der Waals surface area contributed by atoms with Gasteiger partial charge in [0.2, 0.25) is 0 Å². The van der Waals surface area contributed by atoms with Crippen LogP contribution in [0.25, 0.3) is 0 Å². The molecule has 0 aromatic rings. The number of hydrogen-bond donors (Lipinski definition) is 3. The molecule has 19 heteroatoms. The summed E-state index contributed by atoms with van der Waals surface area (Å²) in [6.07, 6.45) is 59.3. The van der Waals surface area contributed by atoms with Crippen LogP contribution in [0, 0.1) is 5.92 Å². The number of phosphoric acid groups is 2. The summed E-state index contributed by atoms with van der Waals surface area (Å²) >= 11 is 0. The SMILES string of the molecule is CCCCCCCCCCCCCCCC(=O)OC[C@H](COP(=O)(O)OC[C@@H](O)COP(=O)(O)OC[C@@H](COC(=O)CCCCCCCCCCCCCC)OC(=O)CCCCCCCCCCCCCCC)OC(=O)CCCCCCCCCCCCCCCCC(C)CC. The fourth-order valence-electron chi connectivity index (χ4n) is 11.8. The smallest absolute Gasteiger partial charge is 0.462 e. The fourth-order valence-corrected chi connectivity index (χ4v) is 13.4. The third kappa shape index (κ3) is 69.2. The van der Waals surface area contributed by atoms with Gasteiger partial charge >= 0.3 is 39.5 Å². The predicted molar refractivity (Wildman–Crippen MR) is 391 cm³/mol. The lowest BCUT2D eigenvalue weighted by Crippen LogP contribution is -2.30. The summed E-state index contributed by atoms with van der Waals surface area (Å²) in [6, 6.07) is 0. The molecule has 0 radical (unpaired) electrons. The first-order valence-corrected chi connectivity index (χ1v) is 43.2. The van der Waals surface area contributed by atoms with Gasteiger partial charge in [-0.25, -0.2) is 9.13 Å². The monoisotopic (exact) mass is 1410 g/mol. The van der Waals surface area contributed by atoms with Crippen molar-refractivity contribution in [1.29, 1.82) is 0 Å². The molecule has 0 aliphatic carbocycles. The number of carbonyl (C=O) groups is 4. The molecule has 3 unspecified atom stereocenters. The van der Waals surface area contributed by atoms with Crippen molar-refractivity contribution in [3.05, 3.63) is 0 Å². The molecule has 0 saturated heterocycles. The van der Waals surface area contributed by atoms with Gasteiger partial charge in [0.1, 0.15) is 19.3 Å². The maximum absolute atomic E-state index is 13.1. The Balaban J connectivity index is 5.25. The van der Waals surface area contributed by atoms with E-state index in [0.29, 0.717) is 25.7 Å². The Morgan fingerprint density at radius 3 is 0.740 bits per heavy atom. The zero-order chi connectivity index (χ0) is 70.5. The van der Waals surface area contributed by atoms with Crippen molar-refractivity contribution in [1.82, 2.24) is 0 Å². The second-order valence-corrected chi connectivity index (χ2v) is 30.9. The van der Waals surface area contributed by atoms with E-state index in [1.807, 2.05) is 0 Å². The van der Waals surface area contributed by atoms with Crippen LogP contribution in [-0.4, -0.2) is 96.7 Å². The Kier molecular flexibility index (Phi) is 68.7. The molecule has 0 amide bonds. The molecule has 0 heterocycles. The molecule has 0 aliphatic heterocycles. The van der Waals surface area contributed by atoms with Gasteiger partial charge in [0.05, 0.1) is 26.4 Å². The summed E-state index contributed by atoms with van der Waals surface area (Å²) in [5, 5.41) is 10.6. The molecule has 0 saturated carbocycles. The molecular formula is C77H150O17P2. The van der Waals surface area contributed by atoms with E-state index in [0.717, 1.165) is 95.8 Å². The normalized spacial score (nSPS) is 14.2. The first-order valence-electron chi connectivity index (χ1n) is 40.2. The summed E-state index contributed by atoms with van der Waals surface area (Å²) in [5.41, 5.74) is 0. The van der Waals surface area contributed by atoms with Crippen LogP contribution in [0.3, 0.4) is 0 Å². The van der Waals surface area contributed by atoms with Crippen LogP contribution in [0.1, 0.15) is 407 Å². The van der Waals surface area contributed by atoms with Gasteiger partial charge in [0, 0.05) is 25.7 Å². The van der Waals surface area contributed by atoms with Crippen LogP contribution in [-0.2, 0) is 65.4 Å². The number of unbranched alkanes of at least 4 members (excludes halogenated alkanes) is 48. The minimum Gasteiger partial charge on any atom is -0.462 e. The molecule has 0 rings (SSSR count). The Morgan fingerprint density at radius 2 is 0.500 bits per heavy atom. The first kappa shape index (κ1) is 94.1. The van der Waals surface area contributed by atoms with Crippen LogP contribution in [0.2, 0.25) is 0 Å². The van der Waals surface area contributed by atoms with Gasteiger partial charge in [0.25, 0.3) is 0 Å². The lowest BCUT2D eigenvalue weighted by atomic mass is 9.99. The zero-order valence-electron chi connectivity index (χ0n) is 62.5. The lowest BCUT2D eigenvalue weighted by Gasteiger charge is -2.21. The van der Waals surface area contributed by atoms with Crippen molar-refractivity contribution >= 4 is 39.5 Å². The molecule has 0 spiro atoms. The third-order valence-corrected chi connectivity index (χ3v) is 20.3. The Hall–Kier alpha value is -1.94. The summed E-state index contributed by atoms with van der Waals surface area (Å²) in [4.78, 5) is 72.9. The Bertz CT molecular complexity index is 1840. The number of esters is 4. The number of ether oxygens (including phenoxy) is 4. The van der Waals surface area contributed by atoms with Crippen molar-refractivity contribution < 1.29 is 80.2 Å². The van der Waals surface area contributed by atoms with Gasteiger partial charge in [-0.2, -0.15) is 0 Å². The van der Waals surface area contributed by atoms with E-state index >= 15 is 0 Å².